The van der Waals surface area contributed by atoms with Crippen molar-refractivity contribution in [2.75, 3.05) is 22.6 Å². The number of hydrogen-bond acceptors (Lipinski definition) is 6. The molecule has 0 aliphatic carbocycles. The van der Waals surface area contributed by atoms with Gasteiger partial charge in [0.2, 0.25) is 0 Å². The summed E-state index contributed by atoms with van der Waals surface area (Å²) >= 11 is 0. The molecule has 1 aromatic rings. The summed E-state index contributed by atoms with van der Waals surface area (Å²) in [4.78, 5) is 8.93. The molecule has 0 saturated carbocycles. The molecule has 1 aliphatic rings. The van der Waals surface area contributed by atoms with Crippen LogP contribution >= 0.6 is 0 Å². The van der Waals surface area contributed by atoms with E-state index in [1.54, 1.807) is 0 Å². The van der Waals surface area contributed by atoms with Crippen LogP contribution in [0.3, 0.4) is 0 Å². The van der Waals surface area contributed by atoms with E-state index in [0.29, 0.717) is 24.5 Å². The predicted octanol–water partition coefficient (Wildman–Crippen LogP) is 1.65. The second kappa shape index (κ2) is 5.44. The molecule has 0 bridgehead atoms. The van der Waals surface area contributed by atoms with Crippen molar-refractivity contribution < 1.29 is 8.42 Å². The highest BCUT2D eigenvalue weighted by molar-refractivity contribution is 7.91. The first-order valence-corrected chi connectivity index (χ1v) is 9.02. The second-order valence-corrected chi connectivity index (χ2v) is 9.03. The van der Waals surface area contributed by atoms with E-state index in [1.165, 1.54) is 0 Å². The molecule has 0 aromatic carbocycles. The lowest BCUT2D eigenvalue weighted by molar-refractivity contribution is 0.542. The average Bonchev–Trinajstić information content (AvgIpc) is 2.35. The van der Waals surface area contributed by atoms with Gasteiger partial charge in [0.25, 0.3) is 0 Å². The van der Waals surface area contributed by atoms with E-state index in [4.69, 9.17) is 5.73 Å². The molecule has 1 aliphatic heterocycles. The van der Waals surface area contributed by atoms with Crippen LogP contribution in [-0.2, 0) is 15.3 Å². The summed E-state index contributed by atoms with van der Waals surface area (Å²) in [6.07, 6.45) is 1.22. The maximum absolute atomic E-state index is 11.5. The number of rotatable bonds is 2. The van der Waals surface area contributed by atoms with Gasteiger partial charge < -0.3 is 11.1 Å². The van der Waals surface area contributed by atoms with Crippen LogP contribution in [0.4, 0.5) is 11.6 Å². The van der Waals surface area contributed by atoms with Crippen molar-refractivity contribution >= 4 is 21.5 Å². The number of nitrogens with one attached hydrogen (secondary N) is 1. The third-order valence-corrected chi connectivity index (χ3v) is 5.47. The van der Waals surface area contributed by atoms with Crippen LogP contribution in [0.25, 0.3) is 0 Å². The number of hydrogen-bond donors (Lipinski definition) is 2. The van der Waals surface area contributed by atoms with E-state index >= 15 is 0 Å². The molecule has 0 atom stereocenters. The molecule has 3 N–H and O–H groups in total. The molecule has 0 amide bonds. The minimum atomic E-state index is -2.86. The fourth-order valence-electron chi connectivity index (χ4n) is 2.24. The maximum atomic E-state index is 11.5. The number of nitrogens with two attached hydrogens (primary N) is 1. The summed E-state index contributed by atoms with van der Waals surface area (Å²) in [5, 5.41) is 3.34. The molecule has 21 heavy (non-hydrogen) atoms. The Morgan fingerprint density at radius 3 is 2.29 bits per heavy atom. The predicted molar refractivity (Wildman–Crippen MR) is 85.2 cm³/mol. The summed E-state index contributed by atoms with van der Waals surface area (Å²) in [5.41, 5.74) is 6.61. The molecule has 0 radical (unpaired) electrons. The van der Waals surface area contributed by atoms with E-state index in [0.717, 1.165) is 11.4 Å². The van der Waals surface area contributed by atoms with Gasteiger partial charge in [-0.3, -0.25) is 0 Å². The molecule has 0 unspecified atom stereocenters. The fraction of sp³-hybridized carbons (Fsp3) is 0.714. The third-order valence-electron chi connectivity index (χ3n) is 3.75. The van der Waals surface area contributed by atoms with Crippen molar-refractivity contribution in [1.29, 1.82) is 0 Å². The maximum Gasteiger partial charge on any atom is 0.150 e. The first-order valence-electron chi connectivity index (χ1n) is 7.20. The molecule has 1 fully saturated rings. The molecule has 1 aromatic heterocycles. The van der Waals surface area contributed by atoms with Crippen molar-refractivity contribution in [2.24, 2.45) is 0 Å². The van der Waals surface area contributed by atoms with Crippen molar-refractivity contribution in [3.8, 4) is 0 Å². The van der Waals surface area contributed by atoms with Crippen molar-refractivity contribution in [3.63, 3.8) is 0 Å². The lowest BCUT2D eigenvalue weighted by atomic mass is 9.95. The summed E-state index contributed by atoms with van der Waals surface area (Å²) in [6, 6.07) is 0.120. The normalized spacial score (nSPS) is 19.4. The third kappa shape index (κ3) is 3.84. The molecule has 2 heterocycles. The Kier molecular flexibility index (Phi) is 4.15. The largest absolute Gasteiger partial charge is 0.383 e. The molecule has 1 saturated heterocycles. The Hall–Kier alpha value is -1.37. The molecule has 0 spiro atoms. The first-order chi connectivity index (χ1) is 9.58. The van der Waals surface area contributed by atoms with Crippen molar-refractivity contribution in [3.05, 3.63) is 11.4 Å². The van der Waals surface area contributed by atoms with Gasteiger partial charge >= 0.3 is 0 Å². The van der Waals surface area contributed by atoms with Crippen LogP contribution in [0.15, 0.2) is 0 Å². The highest BCUT2D eigenvalue weighted by Crippen LogP contribution is 2.26. The number of anilines is 2. The van der Waals surface area contributed by atoms with Gasteiger partial charge in [0.15, 0.2) is 0 Å². The zero-order chi connectivity index (χ0) is 15.8. The average molecular weight is 312 g/mol. The fourth-order valence-corrected chi connectivity index (χ4v) is 3.73. The number of nitrogen functional groups attached to an aromatic ring is 1. The Labute approximate surface area is 126 Å². The molecular formula is C14H24N4O2S. The van der Waals surface area contributed by atoms with E-state index in [9.17, 15) is 8.42 Å². The lowest BCUT2D eigenvalue weighted by Crippen LogP contribution is -2.33. The summed E-state index contributed by atoms with van der Waals surface area (Å²) in [7, 11) is -2.86. The van der Waals surface area contributed by atoms with Crippen LogP contribution in [0.2, 0.25) is 0 Å². The number of sulfone groups is 1. The summed E-state index contributed by atoms with van der Waals surface area (Å²) < 4.78 is 23.0. The zero-order valence-corrected chi connectivity index (χ0v) is 13.9. The van der Waals surface area contributed by atoms with Crippen LogP contribution < -0.4 is 11.1 Å². The Morgan fingerprint density at radius 2 is 1.76 bits per heavy atom. The van der Waals surface area contributed by atoms with Crippen LogP contribution in [-0.4, -0.2) is 35.9 Å². The first kappa shape index (κ1) is 16.0. The Bertz CT molecular complexity index is 621. The van der Waals surface area contributed by atoms with Crippen molar-refractivity contribution in [2.45, 2.75) is 52.0 Å². The molecule has 2 rings (SSSR count). The minimum Gasteiger partial charge on any atom is -0.383 e. The Balaban J connectivity index is 2.22. The quantitative estimate of drug-likeness (QED) is 0.861. The van der Waals surface area contributed by atoms with Gasteiger partial charge in [-0.15, -0.1) is 0 Å². The molecule has 118 valence electrons. The van der Waals surface area contributed by atoms with Gasteiger partial charge in [0, 0.05) is 17.0 Å². The summed E-state index contributed by atoms with van der Waals surface area (Å²) in [6.45, 7) is 7.99. The molecule has 7 heteroatoms. The zero-order valence-electron chi connectivity index (χ0n) is 13.1. The van der Waals surface area contributed by atoms with E-state index in [1.807, 2.05) is 27.7 Å². The van der Waals surface area contributed by atoms with E-state index < -0.39 is 9.84 Å². The number of aromatic nitrogens is 2. The van der Waals surface area contributed by atoms with Gasteiger partial charge in [-0.05, 0) is 19.8 Å². The second-order valence-electron chi connectivity index (χ2n) is 6.73. The van der Waals surface area contributed by atoms with Gasteiger partial charge in [-0.25, -0.2) is 18.4 Å². The van der Waals surface area contributed by atoms with Crippen LogP contribution in [0.1, 0.15) is 45.0 Å². The van der Waals surface area contributed by atoms with Crippen molar-refractivity contribution in [1.82, 2.24) is 9.97 Å². The van der Waals surface area contributed by atoms with Crippen LogP contribution in [0, 0.1) is 6.92 Å². The van der Waals surface area contributed by atoms with Gasteiger partial charge in [-0.2, -0.15) is 0 Å². The summed E-state index contributed by atoms with van der Waals surface area (Å²) in [5.74, 6) is 2.35. The smallest absolute Gasteiger partial charge is 0.150 e. The highest BCUT2D eigenvalue weighted by atomic mass is 32.2. The van der Waals surface area contributed by atoms with E-state index in [-0.39, 0.29) is 23.0 Å². The standard InChI is InChI=1S/C14H24N4O2S/c1-9-11(15)17-13(14(2,3)4)18-12(9)16-10-5-7-21(19,20)8-6-10/h10H,5-8H2,1-4H3,(H3,15,16,17,18). The van der Waals surface area contributed by atoms with Gasteiger partial charge in [-0.1, -0.05) is 20.8 Å². The molecule has 6 nitrogen and oxygen atoms in total. The number of nitrogens with zero attached hydrogens (tertiary/aromatic N) is 2. The monoisotopic (exact) mass is 312 g/mol. The topological polar surface area (TPSA) is 98.0 Å². The molecular weight excluding hydrogens is 288 g/mol. The van der Waals surface area contributed by atoms with Gasteiger partial charge in [0.1, 0.15) is 27.3 Å². The minimum absolute atomic E-state index is 0.120. The Morgan fingerprint density at radius 1 is 1.19 bits per heavy atom. The van der Waals surface area contributed by atoms with Gasteiger partial charge in [0.05, 0.1) is 11.5 Å². The van der Waals surface area contributed by atoms with Crippen LogP contribution in [0.5, 0.6) is 0 Å². The van der Waals surface area contributed by atoms with E-state index in [2.05, 4.69) is 15.3 Å². The highest BCUT2D eigenvalue weighted by Gasteiger charge is 2.25. The SMILES string of the molecule is Cc1c(N)nc(C(C)(C)C)nc1NC1CCS(=O)(=O)CC1. The lowest BCUT2D eigenvalue weighted by Gasteiger charge is -2.26.